The van der Waals surface area contributed by atoms with E-state index in [1.54, 1.807) is 13.2 Å². The van der Waals surface area contributed by atoms with Crippen LogP contribution in [0.25, 0.3) is 0 Å². The quantitative estimate of drug-likeness (QED) is 0.742. The molecule has 0 N–H and O–H groups in total. The van der Waals surface area contributed by atoms with Crippen LogP contribution < -0.4 is 4.74 Å². The lowest BCUT2D eigenvalue weighted by Crippen LogP contribution is -2.53. The van der Waals surface area contributed by atoms with E-state index in [0.29, 0.717) is 24.4 Å². The van der Waals surface area contributed by atoms with Crippen LogP contribution in [-0.2, 0) is 6.42 Å². The van der Waals surface area contributed by atoms with Gasteiger partial charge in [-0.05, 0) is 55.2 Å². The summed E-state index contributed by atoms with van der Waals surface area (Å²) in [6, 6.07) is 15.3. The molecule has 2 fully saturated rings. The van der Waals surface area contributed by atoms with Crippen molar-refractivity contribution in [2.24, 2.45) is 0 Å². The zero-order chi connectivity index (χ0) is 21.1. The minimum atomic E-state index is -0.219. The molecule has 0 atom stereocenters. The molecule has 1 spiro atoms. The summed E-state index contributed by atoms with van der Waals surface area (Å²) in [6.45, 7) is 4.19. The molecule has 0 bridgehead atoms. The van der Waals surface area contributed by atoms with Gasteiger partial charge in [-0.1, -0.05) is 25.1 Å². The number of hydrogen-bond acceptors (Lipinski definition) is 4. The summed E-state index contributed by atoms with van der Waals surface area (Å²) >= 11 is 1.86. The zero-order valence-corrected chi connectivity index (χ0v) is 18.4. The minimum Gasteiger partial charge on any atom is -0.497 e. The fourth-order valence-corrected chi connectivity index (χ4v) is 5.80. The first-order chi connectivity index (χ1) is 14.6. The first kappa shape index (κ1) is 20.8. The molecule has 0 saturated carbocycles. The van der Waals surface area contributed by atoms with E-state index in [9.17, 15) is 9.59 Å². The fraction of sp³-hybridized carbons (Fsp3) is 0.417. The van der Waals surface area contributed by atoms with Crippen LogP contribution in [0.3, 0.4) is 0 Å². The summed E-state index contributed by atoms with van der Waals surface area (Å²) in [5, 5.41) is 0. The Morgan fingerprint density at radius 3 is 2.40 bits per heavy atom. The van der Waals surface area contributed by atoms with Gasteiger partial charge < -0.3 is 14.5 Å². The fourth-order valence-electron chi connectivity index (χ4n) is 4.35. The second-order valence-corrected chi connectivity index (χ2v) is 9.28. The van der Waals surface area contributed by atoms with Crippen LogP contribution in [0, 0.1) is 0 Å². The van der Waals surface area contributed by atoms with Crippen LogP contribution in [0.15, 0.2) is 48.5 Å². The molecule has 0 aliphatic carbocycles. The molecular weight excluding hydrogens is 396 g/mol. The van der Waals surface area contributed by atoms with Crippen LogP contribution in [0.2, 0.25) is 0 Å². The maximum atomic E-state index is 13.3. The minimum absolute atomic E-state index is 0.0498. The van der Waals surface area contributed by atoms with E-state index in [4.69, 9.17) is 4.74 Å². The number of nitrogens with zero attached hydrogens (tertiary/aromatic N) is 2. The largest absolute Gasteiger partial charge is 0.497 e. The number of rotatable bonds is 4. The summed E-state index contributed by atoms with van der Waals surface area (Å²) in [7, 11) is 1.61. The number of carbonyl (C=O) groups is 2. The van der Waals surface area contributed by atoms with E-state index in [0.717, 1.165) is 37.1 Å². The number of amides is 2. The normalized spacial score (nSPS) is 17.9. The predicted molar refractivity (Wildman–Crippen MR) is 120 cm³/mol. The van der Waals surface area contributed by atoms with Crippen LogP contribution >= 0.6 is 11.8 Å². The Kier molecular flexibility index (Phi) is 6.04. The first-order valence-electron chi connectivity index (χ1n) is 10.5. The Hall–Kier alpha value is -2.47. The number of ether oxygens (including phenoxy) is 1. The molecule has 2 aliphatic rings. The summed E-state index contributed by atoms with van der Waals surface area (Å²) in [5.41, 5.74) is 2.63. The average molecular weight is 425 g/mol. The van der Waals surface area contributed by atoms with E-state index >= 15 is 0 Å². The highest BCUT2D eigenvalue weighted by Gasteiger charge is 2.47. The number of hydrogen-bond donors (Lipinski definition) is 0. The highest BCUT2D eigenvalue weighted by molar-refractivity contribution is 8.00. The molecule has 2 aromatic carbocycles. The van der Waals surface area contributed by atoms with Gasteiger partial charge in [0.15, 0.2) is 0 Å². The number of aryl methyl sites for hydroxylation is 1. The Balaban J connectivity index is 1.45. The average Bonchev–Trinajstić information content (AvgIpc) is 3.21. The molecule has 6 heteroatoms. The highest BCUT2D eigenvalue weighted by atomic mass is 32.2. The van der Waals surface area contributed by atoms with Crippen LogP contribution in [0.1, 0.15) is 46.0 Å². The molecule has 30 heavy (non-hydrogen) atoms. The Bertz CT molecular complexity index is 920. The van der Waals surface area contributed by atoms with Crippen molar-refractivity contribution < 1.29 is 14.3 Å². The second-order valence-electron chi connectivity index (χ2n) is 7.83. The van der Waals surface area contributed by atoms with Gasteiger partial charge >= 0.3 is 0 Å². The summed E-state index contributed by atoms with van der Waals surface area (Å²) in [4.78, 5) is 29.9. The monoisotopic (exact) mass is 424 g/mol. The Morgan fingerprint density at radius 2 is 1.73 bits per heavy atom. The van der Waals surface area contributed by atoms with Gasteiger partial charge in [-0.3, -0.25) is 9.59 Å². The van der Waals surface area contributed by atoms with Crippen molar-refractivity contribution >= 4 is 23.6 Å². The molecule has 0 aromatic heterocycles. The van der Waals surface area contributed by atoms with Crippen molar-refractivity contribution in [1.29, 1.82) is 0 Å². The van der Waals surface area contributed by atoms with Crippen LogP contribution in [0.4, 0.5) is 0 Å². The lowest BCUT2D eigenvalue weighted by molar-refractivity contribution is 0.0497. The lowest BCUT2D eigenvalue weighted by Gasteiger charge is -2.44. The zero-order valence-electron chi connectivity index (χ0n) is 17.6. The standard InChI is InChI=1S/C24H28N2O3S/c1-3-18-7-9-19(10-8-18)22(27)25-13-11-24(12-14-25)26(15-16-30-24)23(28)20-5-4-6-21(17-20)29-2/h4-10,17H,3,11-16H2,1-2H3. The van der Waals surface area contributed by atoms with Crippen LogP contribution in [-0.4, -0.2) is 59.0 Å². The van der Waals surface area contributed by atoms with E-state index in [-0.39, 0.29) is 16.7 Å². The van der Waals surface area contributed by atoms with E-state index in [1.165, 1.54) is 5.56 Å². The van der Waals surface area contributed by atoms with Gasteiger partial charge in [0, 0.05) is 36.5 Å². The first-order valence-corrected chi connectivity index (χ1v) is 11.5. The molecule has 158 valence electrons. The SMILES string of the molecule is CCc1ccc(C(=O)N2CCC3(CC2)SCCN3C(=O)c2cccc(OC)c2)cc1. The van der Waals surface area contributed by atoms with Crippen molar-refractivity contribution in [3.8, 4) is 5.75 Å². The number of thioether (sulfide) groups is 1. The topological polar surface area (TPSA) is 49.9 Å². The van der Waals surface area contributed by atoms with E-state index in [2.05, 4.69) is 6.92 Å². The third-order valence-corrected chi connectivity index (χ3v) is 7.73. The number of methoxy groups -OCH3 is 1. The molecule has 2 amide bonds. The van der Waals surface area contributed by atoms with E-state index in [1.807, 2.05) is 64.0 Å². The number of benzene rings is 2. The van der Waals surface area contributed by atoms with Crippen molar-refractivity contribution in [1.82, 2.24) is 9.80 Å². The van der Waals surface area contributed by atoms with Crippen molar-refractivity contribution in [3.63, 3.8) is 0 Å². The summed E-state index contributed by atoms with van der Waals surface area (Å²) in [6.07, 6.45) is 2.56. The molecule has 5 nitrogen and oxygen atoms in total. The van der Waals surface area contributed by atoms with Gasteiger partial charge in [0.25, 0.3) is 11.8 Å². The number of piperidine rings is 1. The van der Waals surface area contributed by atoms with Gasteiger partial charge in [0.2, 0.25) is 0 Å². The van der Waals surface area contributed by atoms with Crippen LogP contribution in [0.5, 0.6) is 5.75 Å². The Morgan fingerprint density at radius 1 is 1.00 bits per heavy atom. The van der Waals surface area contributed by atoms with Crippen molar-refractivity contribution in [2.75, 3.05) is 32.5 Å². The van der Waals surface area contributed by atoms with Gasteiger partial charge in [0.05, 0.1) is 12.0 Å². The van der Waals surface area contributed by atoms with Gasteiger partial charge in [0.1, 0.15) is 5.75 Å². The van der Waals surface area contributed by atoms with Crippen molar-refractivity contribution in [2.45, 2.75) is 31.1 Å². The second kappa shape index (κ2) is 8.72. The highest BCUT2D eigenvalue weighted by Crippen LogP contribution is 2.44. The Labute approximate surface area is 182 Å². The smallest absolute Gasteiger partial charge is 0.255 e. The number of likely N-dealkylation sites (tertiary alicyclic amines) is 1. The van der Waals surface area contributed by atoms with Gasteiger partial charge in [-0.2, -0.15) is 0 Å². The van der Waals surface area contributed by atoms with Crippen molar-refractivity contribution in [3.05, 3.63) is 65.2 Å². The third-order valence-electron chi connectivity index (χ3n) is 6.18. The molecular formula is C24H28N2O3S. The van der Waals surface area contributed by atoms with Gasteiger partial charge in [-0.25, -0.2) is 0 Å². The lowest BCUT2D eigenvalue weighted by atomic mass is 9.99. The summed E-state index contributed by atoms with van der Waals surface area (Å²) in [5.74, 6) is 1.76. The molecule has 2 aliphatic heterocycles. The maximum Gasteiger partial charge on any atom is 0.255 e. The molecule has 0 radical (unpaired) electrons. The maximum absolute atomic E-state index is 13.3. The van der Waals surface area contributed by atoms with E-state index < -0.39 is 0 Å². The number of carbonyl (C=O) groups excluding carboxylic acids is 2. The molecule has 2 heterocycles. The molecule has 2 saturated heterocycles. The third kappa shape index (κ3) is 3.93. The molecule has 2 aromatic rings. The molecule has 0 unspecified atom stereocenters. The van der Waals surface area contributed by atoms with Gasteiger partial charge in [-0.15, -0.1) is 11.8 Å². The molecule has 4 rings (SSSR count). The summed E-state index contributed by atoms with van der Waals surface area (Å²) < 4.78 is 5.28. The predicted octanol–water partition coefficient (Wildman–Crippen LogP) is 4.08.